The average molecular weight is 310 g/mol. The van der Waals surface area contributed by atoms with E-state index in [0.29, 0.717) is 13.2 Å². The first-order chi connectivity index (χ1) is 10.5. The zero-order chi connectivity index (χ0) is 15.7. The summed E-state index contributed by atoms with van der Waals surface area (Å²) in [6.07, 6.45) is 4.72. The number of carbonyl (C=O) groups excluding carboxylic acids is 2. The molecule has 0 aromatic rings. The van der Waals surface area contributed by atoms with E-state index in [2.05, 4.69) is 5.32 Å². The summed E-state index contributed by atoms with van der Waals surface area (Å²) in [4.78, 5) is 37.8. The van der Waals surface area contributed by atoms with Crippen LogP contribution < -0.4 is 5.32 Å². The van der Waals surface area contributed by atoms with Crippen molar-refractivity contribution < 1.29 is 24.2 Å². The first-order valence-corrected chi connectivity index (χ1v) is 7.94. The average Bonchev–Trinajstić information content (AvgIpc) is 3.17. The minimum Gasteiger partial charge on any atom is -0.479 e. The van der Waals surface area contributed by atoms with Crippen molar-refractivity contribution in [3.8, 4) is 0 Å². The molecule has 2 saturated heterocycles. The van der Waals surface area contributed by atoms with Gasteiger partial charge in [-0.2, -0.15) is 0 Å². The lowest BCUT2D eigenvalue weighted by Crippen LogP contribution is -2.56. The molecule has 122 valence electrons. The predicted octanol–water partition coefficient (Wildman–Crippen LogP) is 0.137. The molecule has 2 N–H and O–H groups in total. The van der Waals surface area contributed by atoms with Crippen LogP contribution in [-0.4, -0.2) is 59.1 Å². The molecule has 0 aromatic carbocycles. The molecular formula is C15H22N2O5. The van der Waals surface area contributed by atoms with Crippen LogP contribution in [0.3, 0.4) is 0 Å². The third-order valence-electron chi connectivity index (χ3n) is 5.09. The summed E-state index contributed by atoms with van der Waals surface area (Å²) in [7, 11) is 0. The molecular weight excluding hydrogens is 288 g/mol. The number of carbonyl (C=O) groups is 3. The molecule has 1 saturated carbocycles. The van der Waals surface area contributed by atoms with Crippen LogP contribution in [-0.2, 0) is 19.1 Å². The molecule has 2 heterocycles. The Balaban J connectivity index is 1.63. The van der Waals surface area contributed by atoms with Gasteiger partial charge in [0, 0.05) is 32.0 Å². The Morgan fingerprint density at radius 3 is 2.64 bits per heavy atom. The van der Waals surface area contributed by atoms with E-state index in [1.54, 1.807) is 0 Å². The maximum atomic E-state index is 12.4. The van der Waals surface area contributed by atoms with Crippen LogP contribution in [0, 0.1) is 5.92 Å². The quantitative estimate of drug-likeness (QED) is 0.770. The lowest BCUT2D eigenvalue weighted by molar-refractivity contribution is -0.148. The van der Waals surface area contributed by atoms with Crippen molar-refractivity contribution in [1.29, 1.82) is 0 Å². The highest BCUT2D eigenvalue weighted by atomic mass is 16.5. The van der Waals surface area contributed by atoms with Gasteiger partial charge in [-0.1, -0.05) is 12.8 Å². The lowest BCUT2D eigenvalue weighted by atomic mass is 9.97. The second kappa shape index (κ2) is 5.87. The fourth-order valence-corrected chi connectivity index (χ4v) is 3.70. The maximum absolute atomic E-state index is 12.4. The SMILES string of the molecule is O=C(NC1(C(=O)O)CCOC1)C1CC(=O)N(C2CCCC2)C1. The van der Waals surface area contributed by atoms with E-state index < -0.39 is 17.4 Å². The number of carboxylic acids is 1. The third-order valence-corrected chi connectivity index (χ3v) is 5.09. The van der Waals surface area contributed by atoms with Gasteiger partial charge in [0.2, 0.25) is 11.8 Å². The van der Waals surface area contributed by atoms with Crippen LogP contribution in [0.25, 0.3) is 0 Å². The highest BCUT2D eigenvalue weighted by Crippen LogP contribution is 2.30. The van der Waals surface area contributed by atoms with Crippen LogP contribution in [0.5, 0.6) is 0 Å². The number of aliphatic carboxylic acids is 1. The molecule has 0 bridgehead atoms. The van der Waals surface area contributed by atoms with E-state index in [1.807, 2.05) is 4.90 Å². The molecule has 1 aliphatic carbocycles. The lowest BCUT2D eigenvalue weighted by Gasteiger charge is -2.26. The van der Waals surface area contributed by atoms with Gasteiger partial charge in [-0.25, -0.2) is 4.79 Å². The standard InChI is InChI=1S/C15H22N2O5/c18-12-7-10(8-17(12)11-3-1-2-4-11)13(19)16-15(14(20)21)5-6-22-9-15/h10-11H,1-9H2,(H,16,19)(H,20,21). The van der Waals surface area contributed by atoms with E-state index in [1.165, 1.54) is 0 Å². The molecule has 3 aliphatic rings. The monoisotopic (exact) mass is 310 g/mol. The molecule has 7 heteroatoms. The minimum atomic E-state index is -1.33. The Morgan fingerprint density at radius 2 is 2.05 bits per heavy atom. The fourth-order valence-electron chi connectivity index (χ4n) is 3.70. The van der Waals surface area contributed by atoms with Gasteiger partial charge in [-0.15, -0.1) is 0 Å². The number of nitrogens with one attached hydrogen (secondary N) is 1. The molecule has 2 atom stereocenters. The second-order valence-corrected chi connectivity index (χ2v) is 6.56. The van der Waals surface area contributed by atoms with Crippen molar-refractivity contribution >= 4 is 17.8 Å². The molecule has 3 fully saturated rings. The van der Waals surface area contributed by atoms with Gasteiger partial charge in [0.25, 0.3) is 0 Å². The number of hydrogen-bond acceptors (Lipinski definition) is 4. The van der Waals surface area contributed by atoms with Crippen LogP contribution in [0.1, 0.15) is 38.5 Å². The van der Waals surface area contributed by atoms with Crippen molar-refractivity contribution in [3.63, 3.8) is 0 Å². The number of nitrogens with zero attached hydrogens (tertiary/aromatic N) is 1. The highest BCUT2D eigenvalue weighted by Gasteiger charge is 2.47. The number of ether oxygens (including phenoxy) is 1. The van der Waals surface area contributed by atoms with Gasteiger partial charge in [0.1, 0.15) is 0 Å². The van der Waals surface area contributed by atoms with E-state index in [0.717, 1.165) is 25.7 Å². The molecule has 0 aromatic heterocycles. The number of carboxylic acid groups (broad SMARTS) is 1. The van der Waals surface area contributed by atoms with E-state index in [-0.39, 0.29) is 37.3 Å². The van der Waals surface area contributed by atoms with Gasteiger partial charge in [0.15, 0.2) is 5.54 Å². The normalized spacial score (nSPS) is 32.6. The number of hydrogen-bond donors (Lipinski definition) is 2. The zero-order valence-corrected chi connectivity index (χ0v) is 12.5. The van der Waals surface area contributed by atoms with Crippen LogP contribution >= 0.6 is 0 Å². The minimum absolute atomic E-state index is 0.0128. The molecule has 22 heavy (non-hydrogen) atoms. The van der Waals surface area contributed by atoms with Gasteiger partial charge < -0.3 is 20.1 Å². The van der Waals surface area contributed by atoms with Crippen LogP contribution in [0.15, 0.2) is 0 Å². The Morgan fingerprint density at radius 1 is 1.32 bits per heavy atom. The van der Waals surface area contributed by atoms with Crippen molar-refractivity contribution in [1.82, 2.24) is 10.2 Å². The summed E-state index contributed by atoms with van der Waals surface area (Å²) < 4.78 is 5.14. The summed E-state index contributed by atoms with van der Waals surface area (Å²) >= 11 is 0. The van der Waals surface area contributed by atoms with Gasteiger partial charge in [-0.3, -0.25) is 9.59 Å². The van der Waals surface area contributed by atoms with Crippen molar-refractivity contribution in [2.24, 2.45) is 5.92 Å². The smallest absolute Gasteiger partial charge is 0.331 e. The number of likely N-dealkylation sites (tertiary alicyclic amines) is 1. The number of rotatable bonds is 4. The molecule has 2 aliphatic heterocycles. The summed E-state index contributed by atoms with van der Waals surface area (Å²) in [5.74, 6) is -1.86. The van der Waals surface area contributed by atoms with Gasteiger partial charge in [0.05, 0.1) is 12.5 Å². The maximum Gasteiger partial charge on any atom is 0.331 e. The Hall–Kier alpha value is -1.63. The van der Waals surface area contributed by atoms with E-state index in [4.69, 9.17) is 4.74 Å². The van der Waals surface area contributed by atoms with Crippen molar-refractivity contribution in [2.75, 3.05) is 19.8 Å². The Labute approximate surface area is 129 Å². The third kappa shape index (κ3) is 2.69. The Bertz CT molecular complexity index is 480. The topological polar surface area (TPSA) is 95.9 Å². The van der Waals surface area contributed by atoms with Crippen LogP contribution in [0.4, 0.5) is 0 Å². The summed E-state index contributed by atoms with van der Waals surface area (Å²) in [6.45, 7) is 0.720. The predicted molar refractivity (Wildman–Crippen MR) is 76.0 cm³/mol. The first-order valence-electron chi connectivity index (χ1n) is 7.94. The van der Waals surface area contributed by atoms with Crippen molar-refractivity contribution in [2.45, 2.75) is 50.1 Å². The number of amides is 2. The van der Waals surface area contributed by atoms with Crippen LogP contribution in [0.2, 0.25) is 0 Å². The Kier molecular flexibility index (Phi) is 4.08. The molecule has 0 spiro atoms. The molecule has 2 amide bonds. The fraction of sp³-hybridized carbons (Fsp3) is 0.800. The molecule has 2 unspecified atom stereocenters. The molecule has 3 rings (SSSR count). The first kappa shape index (κ1) is 15.3. The molecule has 0 radical (unpaired) electrons. The largest absolute Gasteiger partial charge is 0.479 e. The zero-order valence-electron chi connectivity index (χ0n) is 12.5. The summed E-state index contributed by atoms with van der Waals surface area (Å²) in [5.41, 5.74) is -1.33. The highest BCUT2D eigenvalue weighted by molar-refractivity contribution is 5.93. The van der Waals surface area contributed by atoms with E-state index in [9.17, 15) is 19.5 Å². The summed E-state index contributed by atoms with van der Waals surface area (Å²) in [5, 5.41) is 12.0. The summed E-state index contributed by atoms with van der Waals surface area (Å²) in [6, 6.07) is 0.258. The van der Waals surface area contributed by atoms with Gasteiger partial charge >= 0.3 is 5.97 Å². The van der Waals surface area contributed by atoms with E-state index >= 15 is 0 Å². The molecule has 7 nitrogen and oxygen atoms in total. The van der Waals surface area contributed by atoms with Crippen molar-refractivity contribution in [3.05, 3.63) is 0 Å². The second-order valence-electron chi connectivity index (χ2n) is 6.56. The van der Waals surface area contributed by atoms with Gasteiger partial charge in [-0.05, 0) is 12.8 Å².